The average Bonchev–Trinajstić information content (AvgIpc) is 2.45. The van der Waals surface area contributed by atoms with Crippen molar-refractivity contribution in [2.24, 2.45) is 0 Å². The topological polar surface area (TPSA) is 29.5 Å². The van der Waals surface area contributed by atoms with E-state index in [2.05, 4.69) is 36.4 Å². The Labute approximate surface area is 128 Å². The number of hydrogen-bond acceptors (Lipinski definition) is 2. The first kappa shape index (κ1) is 15.8. The van der Waals surface area contributed by atoms with Crippen LogP contribution >= 0.6 is 0 Å². The van der Waals surface area contributed by atoms with Crippen molar-refractivity contribution in [2.75, 3.05) is 0 Å². The highest BCUT2D eigenvalue weighted by atomic mass is 16.5. The van der Waals surface area contributed by atoms with Crippen LogP contribution in [0.25, 0.3) is 11.1 Å². The molecule has 0 radical (unpaired) electrons. The molecule has 0 aromatic heterocycles. The Morgan fingerprint density at radius 3 is 1.86 bits per heavy atom. The third-order valence-corrected chi connectivity index (χ3v) is 4.13. The number of aliphatic hydroxyl groups is 1. The van der Waals surface area contributed by atoms with Crippen LogP contribution in [0.3, 0.4) is 0 Å². The number of benzene rings is 2. The lowest BCUT2D eigenvalue weighted by molar-refractivity contribution is -0.0893. The second-order valence-electron chi connectivity index (χ2n) is 6.42. The van der Waals surface area contributed by atoms with E-state index in [1.165, 1.54) is 11.1 Å². The predicted octanol–water partition coefficient (Wildman–Crippen LogP) is 2.90. The van der Waals surface area contributed by atoms with Crippen LogP contribution < -0.4 is 5.46 Å². The normalized spacial score (nSPS) is 12.2. The zero-order valence-corrected chi connectivity index (χ0v) is 13.3. The first-order valence-electron chi connectivity index (χ1n) is 7.30. The molecule has 0 spiro atoms. The molecule has 3 heteroatoms. The van der Waals surface area contributed by atoms with Crippen LogP contribution in [0.2, 0.25) is 0 Å². The SMILES string of the molecule is CC(C)(O)C(C)(C)OBc1ccc(-c2ccccc2)cc1. The summed E-state index contributed by atoms with van der Waals surface area (Å²) in [7, 11) is 0.492. The molecule has 21 heavy (non-hydrogen) atoms. The largest absolute Gasteiger partial charge is 0.427 e. The molecule has 0 aliphatic carbocycles. The fourth-order valence-corrected chi connectivity index (χ4v) is 1.86. The standard InChI is InChI=1S/C18H23BO2/c1-17(2,20)18(3,4)21-19-16-12-10-15(11-13-16)14-8-6-5-7-9-14/h5-13,19-20H,1-4H3. The van der Waals surface area contributed by atoms with Crippen molar-refractivity contribution in [3.63, 3.8) is 0 Å². The molecule has 2 rings (SSSR count). The van der Waals surface area contributed by atoms with E-state index in [4.69, 9.17) is 4.65 Å². The molecule has 2 aromatic carbocycles. The second kappa shape index (κ2) is 6.04. The third kappa shape index (κ3) is 3.96. The van der Waals surface area contributed by atoms with Gasteiger partial charge in [0.1, 0.15) is 0 Å². The van der Waals surface area contributed by atoms with Crippen molar-refractivity contribution in [3.8, 4) is 11.1 Å². The van der Waals surface area contributed by atoms with E-state index in [-0.39, 0.29) is 0 Å². The number of hydrogen-bond donors (Lipinski definition) is 1. The van der Waals surface area contributed by atoms with Gasteiger partial charge in [-0.2, -0.15) is 0 Å². The van der Waals surface area contributed by atoms with Crippen LogP contribution in [0.4, 0.5) is 0 Å². The van der Waals surface area contributed by atoms with Crippen molar-refractivity contribution in [1.29, 1.82) is 0 Å². The van der Waals surface area contributed by atoms with Gasteiger partial charge < -0.3 is 9.76 Å². The molecule has 2 aromatic rings. The Morgan fingerprint density at radius 1 is 0.810 bits per heavy atom. The zero-order valence-electron chi connectivity index (χ0n) is 13.3. The molecule has 0 aliphatic rings. The summed E-state index contributed by atoms with van der Waals surface area (Å²) < 4.78 is 5.88. The van der Waals surface area contributed by atoms with Gasteiger partial charge in [0.2, 0.25) is 0 Å². The molecule has 0 amide bonds. The maximum atomic E-state index is 10.1. The van der Waals surface area contributed by atoms with Gasteiger partial charge in [0.15, 0.2) is 0 Å². The monoisotopic (exact) mass is 282 g/mol. The Kier molecular flexibility index (Phi) is 4.55. The summed E-state index contributed by atoms with van der Waals surface area (Å²) >= 11 is 0. The highest BCUT2D eigenvalue weighted by molar-refractivity contribution is 6.47. The summed E-state index contributed by atoms with van der Waals surface area (Å²) in [6.07, 6.45) is 0. The van der Waals surface area contributed by atoms with Gasteiger partial charge in [-0.05, 0) is 38.8 Å². The first-order valence-corrected chi connectivity index (χ1v) is 7.30. The van der Waals surface area contributed by atoms with Gasteiger partial charge >= 0.3 is 7.48 Å². The van der Waals surface area contributed by atoms with Crippen LogP contribution in [-0.4, -0.2) is 23.8 Å². The maximum absolute atomic E-state index is 10.1. The summed E-state index contributed by atoms with van der Waals surface area (Å²) in [5, 5.41) is 10.1. The van der Waals surface area contributed by atoms with E-state index in [0.717, 1.165) is 5.46 Å². The molecule has 1 N–H and O–H groups in total. The van der Waals surface area contributed by atoms with Gasteiger partial charge in [0.25, 0.3) is 0 Å². The van der Waals surface area contributed by atoms with Gasteiger partial charge in [0.05, 0.1) is 11.2 Å². The minimum absolute atomic E-state index is 0.492. The van der Waals surface area contributed by atoms with E-state index in [9.17, 15) is 5.11 Å². The Morgan fingerprint density at radius 2 is 1.33 bits per heavy atom. The lowest BCUT2D eigenvalue weighted by atomic mass is 9.82. The highest BCUT2D eigenvalue weighted by Crippen LogP contribution is 2.24. The molecular weight excluding hydrogens is 259 g/mol. The van der Waals surface area contributed by atoms with E-state index in [0.29, 0.717) is 7.48 Å². The first-order chi connectivity index (χ1) is 9.79. The molecule has 2 nitrogen and oxygen atoms in total. The Bertz CT molecular complexity index is 568. The second-order valence-corrected chi connectivity index (χ2v) is 6.42. The van der Waals surface area contributed by atoms with Crippen LogP contribution in [0.15, 0.2) is 54.6 Å². The Hall–Kier alpha value is -1.58. The van der Waals surface area contributed by atoms with Crippen LogP contribution in [-0.2, 0) is 4.65 Å². The van der Waals surface area contributed by atoms with E-state index < -0.39 is 11.2 Å². The molecular formula is C18H23BO2. The van der Waals surface area contributed by atoms with E-state index in [1.807, 2.05) is 32.0 Å². The molecule has 0 atom stereocenters. The summed E-state index contributed by atoms with van der Waals surface area (Å²) in [6, 6.07) is 18.6. The highest BCUT2D eigenvalue weighted by Gasteiger charge is 2.35. The molecule has 0 fully saturated rings. The number of rotatable bonds is 5. The van der Waals surface area contributed by atoms with Crippen LogP contribution in [0, 0.1) is 0 Å². The molecule has 0 bridgehead atoms. The van der Waals surface area contributed by atoms with Gasteiger partial charge in [-0.25, -0.2) is 0 Å². The van der Waals surface area contributed by atoms with Crippen molar-refractivity contribution < 1.29 is 9.76 Å². The molecule has 0 unspecified atom stereocenters. The lowest BCUT2D eigenvalue weighted by Crippen LogP contribution is -2.49. The predicted molar refractivity (Wildman–Crippen MR) is 90.1 cm³/mol. The summed E-state index contributed by atoms with van der Waals surface area (Å²) in [6.45, 7) is 7.35. The molecule has 0 heterocycles. The molecule has 0 aliphatic heterocycles. The van der Waals surface area contributed by atoms with Crippen LogP contribution in [0.5, 0.6) is 0 Å². The van der Waals surface area contributed by atoms with Gasteiger partial charge in [0, 0.05) is 0 Å². The summed E-state index contributed by atoms with van der Waals surface area (Å²) in [5.41, 5.74) is 2.04. The quantitative estimate of drug-likeness (QED) is 0.854. The Balaban J connectivity index is 2.04. The van der Waals surface area contributed by atoms with Gasteiger partial charge in [-0.15, -0.1) is 0 Å². The average molecular weight is 282 g/mol. The van der Waals surface area contributed by atoms with Crippen molar-refractivity contribution in [3.05, 3.63) is 54.6 Å². The minimum atomic E-state index is -0.878. The molecule has 0 saturated heterocycles. The third-order valence-electron chi connectivity index (χ3n) is 4.13. The minimum Gasteiger partial charge on any atom is -0.427 e. The van der Waals surface area contributed by atoms with Crippen molar-refractivity contribution in [2.45, 2.75) is 38.9 Å². The molecule has 110 valence electrons. The maximum Gasteiger partial charge on any atom is 0.309 e. The molecule has 0 saturated carbocycles. The fraction of sp³-hybridized carbons (Fsp3) is 0.333. The summed E-state index contributed by atoms with van der Waals surface area (Å²) in [4.78, 5) is 0. The fourth-order valence-electron chi connectivity index (χ4n) is 1.86. The van der Waals surface area contributed by atoms with Crippen molar-refractivity contribution in [1.82, 2.24) is 0 Å². The van der Waals surface area contributed by atoms with E-state index in [1.54, 1.807) is 13.8 Å². The van der Waals surface area contributed by atoms with Gasteiger partial charge in [-0.1, -0.05) is 60.1 Å². The van der Waals surface area contributed by atoms with Crippen LogP contribution in [0.1, 0.15) is 27.7 Å². The van der Waals surface area contributed by atoms with Crippen molar-refractivity contribution >= 4 is 12.9 Å². The summed E-state index contributed by atoms with van der Waals surface area (Å²) in [5.74, 6) is 0. The van der Waals surface area contributed by atoms with Gasteiger partial charge in [-0.3, -0.25) is 0 Å². The lowest BCUT2D eigenvalue weighted by Gasteiger charge is -2.37. The van der Waals surface area contributed by atoms with E-state index >= 15 is 0 Å². The smallest absolute Gasteiger partial charge is 0.309 e. The zero-order chi connectivity index (χ0) is 15.5.